The fraction of sp³-hybridized carbons (Fsp3) is 0.333. The van der Waals surface area contributed by atoms with Crippen molar-refractivity contribution < 1.29 is 23.5 Å². The molecule has 1 rings (SSSR count). The van der Waals surface area contributed by atoms with Gasteiger partial charge < -0.3 is 15.7 Å². The Morgan fingerprint density at radius 3 is 2.53 bits per heavy atom. The molecule has 0 spiro atoms. The Bertz CT molecular complexity index is 506. The van der Waals surface area contributed by atoms with Gasteiger partial charge in [0, 0.05) is 0 Å². The lowest BCUT2D eigenvalue weighted by Crippen LogP contribution is -2.42. The number of hydrogen-bond donors (Lipinski definition) is 3. The minimum Gasteiger partial charge on any atom is -0.480 e. The summed E-state index contributed by atoms with van der Waals surface area (Å²) in [5.74, 6) is -3.04. The normalized spacial score (nSPS) is 11.8. The zero-order valence-corrected chi connectivity index (χ0v) is 10.5. The van der Waals surface area contributed by atoms with Crippen molar-refractivity contribution in [1.29, 1.82) is 0 Å². The van der Waals surface area contributed by atoms with Crippen LogP contribution < -0.4 is 10.6 Å². The third-order valence-electron chi connectivity index (χ3n) is 2.53. The molecule has 0 aromatic heterocycles. The number of hydrogen-bond acceptors (Lipinski definition) is 2. The molecule has 0 fully saturated rings. The lowest BCUT2D eigenvalue weighted by Gasteiger charge is -2.14. The number of amides is 2. The van der Waals surface area contributed by atoms with Gasteiger partial charge in [0.15, 0.2) is 5.82 Å². The highest BCUT2D eigenvalue weighted by molar-refractivity contribution is 5.92. The summed E-state index contributed by atoms with van der Waals surface area (Å²) in [4.78, 5) is 22.2. The monoisotopic (exact) mass is 272 g/mol. The van der Waals surface area contributed by atoms with Crippen LogP contribution in [0, 0.1) is 18.6 Å². The second kappa shape index (κ2) is 6.12. The molecule has 1 aromatic rings. The molecule has 0 radical (unpaired) electrons. The molecule has 0 bridgehead atoms. The largest absolute Gasteiger partial charge is 0.480 e. The molecule has 5 nitrogen and oxygen atoms in total. The Hall–Kier alpha value is -2.18. The smallest absolute Gasteiger partial charge is 0.326 e. The van der Waals surface area contributed by atoms with Gasteiger partial charge in [-0.15, -0.1) is 0 Å². The molecule has 1 aromatic carbocycles. The average molecular weight is 272 g/mol. The third-order valence-corrected chi connectivity index (χ3v) is 2.53. The number of carbonyl (C=O) groups excluding carboxylic acids is 1. The van der Waals surface area contributed by atoms with Crippen molar-refractivity contribution in [3.8, 4) is 0 Å². The summed E-state index contributed by atoms with van der Waals surface area (Å²) in [5, 5.41) is 12.8. The number of carboxylic acid groups (broad SMARTS) is 1. The molecular formula is C12H14F2N2O3. The van der Waals surface area contributed by atoms with Crippen LogP contribution in [-0.2, 0) is 4.79 Å². The topological polar surface area (TPSA) is 78.4 Å². The Morgan fingerprint density at radius 2 is 2.00 bits per heavy atom. The number of carbonyl (C=O) groups is 2. The molecule has 3 N–H and O–H groups in total. The van der Waals surface area contributed by atoms with Crippen molar-refractivity contribution in [3.05, 3.63) is 29.3 Å². The first-order chi connectivity index (χ1) is 8.86. The van der Waals surface area contributed by atoms with Gasteiger partial charge in [-0.05, 0) is 25.0 Å². The van der Waals surface area contributed by atoms with Crippen molar-refractivity contribution in [2.75, 3.05) is 5.32 Å². The molecule has 0 aliphatic heterocycles. The molecule has 19 heavy (non-hydrogen) atoms. The first-order valence-corrected chi connectivity index (χ1v) is 5.61. The predicted octanol–water partition coefficient (Wildman–Crippen LogP) is 2.26. The number of urea groups is 1. The highest BCUT2D eigenvalue weighted by Crippen LogP contribution is 2.21. The van der Waals surface area contributed by atoms with Gasteiger partial charge in [0.2, 0.25) is 0 Å². The molecule has 7 heteroatoms. The van der Waals surface area contributed by atoms with E-state index in [1.165, 1.54) is 13.0 Å². The van der Waals surface area contributed by atoms with E-state index >= 15 is 0 Å². The maximum Gasteiger partial charge on any atom is 0.326 e. The van der Waals surface area contributed by atoms with Crippen LogP contribution in [0.5, 0.6) is 0 Å². The lowest BCUT2D eigenvalue weighted by atomic mass is 10.2. The number of aryl methyl sites for hydroxylation is 1. The van der Waals surface area contributed by atoms with Gasteiger partial charge in [-0.2, -0.15) is 0 Å². The summed E-state index contributed by atoms with van der Waals surface area (Å²) in [6.07, 6.45) is 0.154. The molecular weight excluding hydrogens is 258 g/mol. The van der Waals surface area contributed by atoms with E-state index in [9.17, 15) is 18.4 Å². The van der Waals surface area contributed by atoms with Crippen LogP contribution in [0.2, 0.25) is 0 Å². The summed E-state index contributed by atoms with van der Waals surface area (Å²) in [5.41, 5.74) is -0.431. The van der Waals surface area contributed by atoms with Gasteiger partial charge in [0.05, 0.1) is 0 Å². The Labute approximate surface area is 108 Å². The van der Waals surface area contributed by atoms with E-state index in [4.69, 9.17) is 5.11 Å². The van der Waals surface area contributed by atoms with Crippen LogP contribution in [0.15, 0.2) is 12.1 Å². The SMILES string of the molecule is CC[C@H](NC(=O)Nc1c(F)ccc(C)c1F)C(=O)O. The van der Waals surface area contributed by atoms with Gasteiger partial charge in [0.1, 0.15) is 17.5 Å². The Kier molecular flexibility index (Phi) is 4.80. The quantitative estimate of drug-likeness (QED) is 0.786. The number of anilines is 1. The van der Waals surface area contributed by atoms with Crippen molar-refractivity contribution in [2.45, 2.75) is 26.3 Å². The van der Waals surface area contributed by atoms with Crippen LogP contribution in [0.25, 0.3) is 0 Å². The zero-order chi connectivity index (χ0) is 14.6. The summed E-state index contributed by atoms with van der Waals surface area (Å²) in [6.45, 7) is 2.98. The fourth-order valence-electron chi connectivity index (χ4n) is 1.42. The van der Waals surface area contributed by atoms with Gasteiger partial charge in [-0.1, -0.05) is 13.0 Å². The predicted molar refractivity (Wildman–Crippen MR) is 65.0 cm³/mol. The molecule has 0 aliphatic carbocycles. The van der Waals surface area contributed by atoms with E-state index in [0.29, 0.717) is 0 Å². The number of carboxylic acids is 1. The Balaban J connectivity index is 2.83. The summed E-state index contributed by atoms with van der Waals surface area (Å²) in [6, 6.07) is 0.163. The van der Waals surface area contributed by atoms with Gasteiger partial charge in [-0.3, -0.25) is 0 Å². The first kappa shape index (κ1) is 14.9. The fourth-order valence-corrected chi connectivity index (χ4v) is 1.42. The third kappa shape index (κ3) is 3.64. The van der Waals surface area contributed by atoms with E-state index < -0.39 is 35.4 Å². The molecule has 0 saturated carbocycles. The van der Waals surface area contributed by atoms with E-state index in [-0.39, 0.29) is 12.0 Å². The first-order valence-electron chi connectivity index (χ1n) is 5.61. The van der Waals surface area contributed by atoms with Crippen molar-refractivity contribution in [3.63, 3.8) is 0 Å². The molecule has 0 unspecified atom stereocenters. The minimum atomic E-state index is -1.22. The number of rotatable bonds is 4. The molecule has 104 valence electrons. The average Bonchev–Trinajstić information content (AvgIpc) is 2.36. The van der Waals surface area contributed by atoms with Crippen LogP contribution in [0.4, 0.5) is 19.3 Å². The summed E-state index contributed by atoms with van der Waals surface area (Å²) in [7, 11) is 0. The highest BCUT2D eigenvalue weighted by atomic mass is 19.1. The van der Waals surface area contributed by atoms with Crippen molar-refractivity contribution in [1.82, 2.24) is 5.32 Å². The van der Waals surface area contributed by atoms with Crippen LogP contribution in [0.3, 0.4) is 0 Å². The zero-order valence-electron chi connectivity index (χ0n) is 10.5. The van der Waals surface area contributed by atoms with Gasteiger partial charge in [-0.25, -0.2) is 18.4 Å². The number of halogens is 2. The maximum absolute atomic E-state index is 13.6. The number of benzene rings is 1. The Morgan fingerprint density at radius 1 is 1.37 bits per heavy atom. The standard InChI is InChI=1S/C12H14F2N2O3/c1-3-8(11(17)18)15-12(19)16-10-7(13)5-4-6(2)9(10)14/h4-5,8H,3H2,1-2H3,(H,17,18)(H2,15,16,19)/t8-/m0/s1. The summed E-state index contributed by atoms with van der Waals surface area (Å²) < 4.78 is 27.0. The van der Waals surface area contributed by atoms with Gasteiger partial charge in [0.25, 0.3) is 0 Å². The molecule has 2 amide bonds. The molecule has 0 saturated heterocycles. The summed E-state index contributed by atoms with van der Waals surface area (Å²) >= 11 is 0. The van der Waals surface area contributed by atoms with Crippen LogP contribution in [-0.4, -0.2) is 23.1 Å². The highest BCUT2D eigenvalue weighted by Gasteiger charge is 2.20. The molecule has 0 heterocycles. The second-order valence-corrected chi connectivity index (χ2v) is 3.95. The minimum absolute atomic E-state index is 0.154. The maximum atomic E-state index is 13.6. The molecule has 0 aliphatic rings. The second-order valence-electron chi connectivity index (χ2n) is 3.95. The number of aliphatic carboxylic acids is 1. The van der Waals surface area contributed by atoms with Crippen molar-refractivity contribution in [2.24, 2.45) is 0 Å². The van der Waals surface area contributed by atoms with Crippen molar-refractivity contribution >= 4 is 17.7 Å². The number of nitrogens with one attached hydrogen (secondary N) is 2. The van der Waals surface area contributed by atoms with E-state index in [0.717, 1.165) is 6.07 Å². The van der Waals surface area contributed by atoms with E-state index in [2.05, 4.69) is 5.32 Å². The van der Waals surface area contributed by atoms with Crippen LogP contribution in [0.1, 0.15) is 18.9 Å². The van der Waals surface area contributed by atoms with E-state index in [1.54, 1.807) is 6.92 Å². The molecule has 1 atom stereocenters. The van der Waals surface area contributed by atoms with Gasteiger partial charge >= 0.3 is 12.0 Å². The lowest BCUT2D eigenvalue weighted by molar-refractivity contribution is -0.139. The van der Waals surface area contributed by atoms with E-state index in [1.807, 2.05) is 5.32 Å². The van der Waals surface area contributed by atoms with Crippen LogP contribution >= 0.6 is 0 Å².